The molecule has 19 heavy (non-hydrogen) atoms. The van der Waals surface area contributed by atoms with Gasteiger partial charge in [0.2, 0.25) is 0 Å². The summed E-state index contributed by atoms with van der Waals surface area (Å²) in [6.07, 6.45) is 4.98. The maximum atomic E-state index is 5.96. The van der Waals surface area contributed by atoms with Gasteiger partial charge in [-0.1, -0.05) is 0 Å². The van der Waals surface area contributed by atoms with E-state index in [2.05, 4.69) is 33.6 Å². The van der Waals surface area contributed by atoms with E-state index in [0.29, 0.717) is 12.1 Å². The number of imidazole rings is 1. The summed E-state index contributed by atoms with van der Waals surface area (Å²) in [5.41, 5.74) is 0. The topological polar surface area (TPSA) is 42.3 Å². The number of nitrogens with one attached hydrogen (secondary N) is 1. The molecule has 2 atom stereocenters. The van der Waals surface area contributed by atoms with Crippen LogP contribution in [-0.4, -0.2) is 59.4 Å². The average Bonchev–Trinajstić information content (AvgIpc) is 2.81. The van der Waals surface area contributed by atoms with Crippen molar-refractivity contribution in [2.75, 3.05) is 26.7 Å². The van der Waals surface area contributed by atoms with Crippen LogP contribution < -0.4 is 5.32 Å². The quantitative estimate of drug-likeness (QED) is 0.850. The maximum Gasteiger partial charge on any atom is 0.110 e. The number of rotatable bonds is 5. The molecule has 0 spiro atoms. The van der Waals surface area contributed by atoms with Crippen molar-refractivity contribution in [3.8, 4) is 0 Å². The van der Waals surface area contributed by atoms with Crippen molar-refractivity contribution in [3.63, 3.8) is 0 Å². The summed E-state index contributed by atoms with van der Waals surface area (Å²) in [6, 6.07) is 0.889. The molecule has 1 aliphatic heterocycles. The zero-order valence-corrected chi connectivity index (χ0v) is 12.5. The Labute approximate surface area is 116 Å². The first-order valence-corrected chi connectivity index (χ1v) is 7.11. The molecule has 0 amide bonds. The standard InChI is InChI=1S/C14H26N4O/c1-11(2)18-7-8-19-13(10-18)12(15-3)9-14-16-5-6-17(14)4/h5-6,11-13,15H,7-10H2,1-4H3. The van der Waals surface area contributed by atoms with Crippen LogP contribution in [0.1, 0.15) is 19.7 Å². The molecule has 0 aromatic carbocycles. The van der Waals surface area contributed by atoms with Crippen LogP contribution in [0.15, 0.2) is 12.4 Å². The van der Waals surface area contributed by atoms with Crippen LogP contribution in [0, 0.1) is 0 Å². The number of hydrogen-bond acceptors (Lipinski definition) is 4. The summed E-state index contributed by atoms with van der Waals surface area (Å²) in [6.45, 7) is 7.34. The van der Waals surface area contributed by atoms with Gasteiger partial charge in [0, 0.05) is 51.0 Å². The Kier molecular flexibility index (Phi) is 4.96. The van der Waals surface area contributed by atoms with Gasteiger partial charge in [-0.15, -0.1) is 0 Å². The second kappa shape index (κ2) is 6.50. The SMILES string of the molecule is CNC(Cc1nccn1C)C1CN(C(C)C)CCO1. The number of aryl methyl sites for hydroxylation is 1. The van der Waals surface area contributed by atoms with Gasteiger partial charge in [-0.3, -0.25) is 4.90 Å². The van der Waals surface area contributed by atoms with E-state index in [1.54, 1.807) is 0 Å². The first kappa shape index (κ1) is 14.5. The molecule has 2 heterocycles. The molecule has 5 nitrogen and oxygen atoms in total. The second-order valence-corrected chi connectivity index (χ2v) is 5.55. The number of ether oxygens (including phenoxy) is 1. The van der Waals surface area contributed by atoms with E-state index in [-0.39, 0.29) is 6.10 Å². The highest BCUT2D eigenvalue weighted by molar-refractivity contribution is 4.97. The summed E-state index contributed by atoms with van der Waals surface area (Å²) < 4.78 is 8.04. The van der Waals surface area contributed by atoms with Gasteiger partial charge < -0.3 is 14.6 Å². The van der Waals surface area contributed by atoms with E-state index in [1.165, 1.54) is 0 Å². The number of hydrogen-bond donors (Lipinski definition) is 1. The number of morpholine rings is 1. The van der Waals surface area contributed by atoms with E-state index in [9.17, 15) is 0 Å². The Hall–Kier alpha value is -0.910. The third-order valence-electron chi connectivity index (χ3n) is 4.00. The molecule has 0 bridgehead atoms. The molecule has 108 valence electrons. The van der Waals surface area contributed by atoms with E-state index in [1.807, 2.05) is 26.5 Å². The third kappa shape index (κ3) is 3.55. The van der Waals surface area contributed by atoms with Crippen molar-refractivity contribution in [1.29, 1.82) is 0 Å². The fraction of sp³-hybridized carbons (Fsp3) is 0.786. The van der Waals surface area contributed by atoms with Crippen LogP contribution in [0.2, 0.25) is 0 Å². The molecule has 0 saturated carbocycles. The number of nitrogens with zero attached hydrogens (tertiary/aromatic N) is 3. The lowest BCUT2D eigenvalue weighted by molar-refractivity contribution is -0.0545. The molecule has 1 saturated heterocycles. The Balaban J connectivity index is 1.99. The van der Waals surface area contributed by atoms with E-state index >= 15 is 0 Å². The molecule has 1 N–H and O–H groups in total. The van der Waals surface area contributed by atoms with Gasteiger partial charge >= 0.3 is 0 Å². The number of likely N-dealkylation sites (N-methyl/N-ethyl adjacent to an activating group) is 1. The van der Waals surface area contributed by atoms with Crippen molar-refractivity contribution < 1.29 is 4.74 Å². The predicted octanol–water partition coefficient (Wildman–Crippen LogP) is 0.660. The number of aromatic nitrogens is 2. The third-order valence-corrected chi connectivity index (χ3v) is 4.00. The van der Waals surface area contributed by atoms with Gasteiger partial charge in [-0.25, -0.2) is 4.98 Å². The van der Waals surface area contributed by atoms with Gasteiger partial charge in [-0.05, 0) is 20.9 Å². The van der Waals surface area contributed by atoms with Crippen LogP contribution in [0.4, 0.5) is 0 Å². The Morgan fingerprint density at radius 3 is 2.89 bits per heavy atom. The smallest absolute Gasteiger partial charge is 0.110 e. The Morgan fingerprint density at radius 2 is 2.32 bits per heavy atom. The summed E-state index contributed by atoms with van der Waals surface area (Å²) in [7, 11) is 4.04. The van der Waals surface area contributed by atoms with Crippen molar-refractivity contribution in [3.05, 3.63) is 18.2 Å². The van der Waals surface area contributed by atoms with E-state index in [0.717, 1.165) is 31.9 Å². The molecule has 0 radical (unpaired) electrons. The highest BCUT2D eigenvalue weighted by atomic mass is 16.5. The monoisotopic (exact) mass is 266 g/mol. The molecule has 0 aliphatic carbocycles. The largest absolute Gasteiger partial charge is 0.374 e. The first-order chi connectivity index (χ1) is 9.11. The fourth-order valence-corrected chi connectivity index (χ4v) is 2.62. The first-order valence-electron chi connectivity index (χ1n) is 7.11. The molecule has 2 unspecified atom stereocenters. The van der Waals surface area contributed by atoms with Crippen molar-refractivity contribution in [2.24, 2.45) is 7.05 Å². The lowest BCUT2D eigenvalue weighted by Crippen LogP contribution is -2.54. The average molecular weight is 266 g/mol. The highest BCUT2D eigenvalue weighted by Gasteiger charge is 2.29. The molecule has 1 aliphatic rings. The van der Waals surface area contributed by atoms with Gasteiger partial charge in [0.1, 0.15) is 5.82 Å². The van der Waals surface area contributed by atoms with Crippen LogP contribution in [0.25, 0.3) is 0 Å². The summed E-state index contributed by atoms with van der Waals surface area (Å²) in [4.78, 5) is 6.89. The van der Waals surface area contributed by atoms with Gasteiger partial charge in [0.25, 0.3) is 0 Å². The van der Waals surface area contributed by atoms with Gasteiger partial charge in [-0.2, -0.15) is 0 Å². The predicted molar refractivity (Wildman–Crippen MR) is 76.2 cm³/mol. The van der Waals surface area contributed by atoms with Crippen molar-refractivity contribution in [2.45, 2.75) is 38.5 Å². The van der Waals surface area contributed by atoms with E-state index < -0.39 is 0 Å². The highest BCUT2D eigenvalue weighted by Crippen LogP contribution is 2.14. The molecule has 1 aromatic heterocycles. The summed E-state index contributed by atoms with van der Waals surface area (Å²) in [5.74, 6) is 1.10. The zero-order valence-electron chi connectivity index (χ0n) is 12.5. The molecular weight excluding hydrogens is 240 g/mol. The van der Waals surface area contributed by atoms with Crippen LogP contribution >= 0.6 is 0 Å². The summed E-state index contributed by atoms with van der Waals surface area (Å²) in [5, 5.41) is 3.39. The second-order valence-electron chi connectivity index (χ2n) is 5.55. The lowest BCUT2D eigenvalue weighted by atomic mass is 10.0. The Morgan fingerprint density at radius 1 is 1.53 bits per heavy atom. The molecular formula is C14H26N4O. The molecule has 5 heteroatoms. The van der Waals surface area contributed by atoms with Gasteiger partial charge in [0.15, 0.2) is 0 Å². The minimum absolute atomic E-state index is 0.234. The lowest BCUT2D eigenvalue weighted by Gasteiger charge is -2.38. The Bertz CT molecular complexity index is 391. The van der Waals surface area contributed by atoms with Crippen LogP contribution in [-0.2, 0) is 18.2 Å². The minimum Gasteiger partial charge on any atom is -0.374 e. The van der Waals surface area contributed by atoms with Crippen molar-refractivity contribution >= 4 is 0 Å². The minimum atomic E-state index is 0.234. The van der Waals surface area contributed by atoms with Crippen LogP contribution in [0.3, 0.4) is 0 Å². The summed E-state index contributed by atoms with van der Waals surface area (Å²) >= 11 is 0. The van der Waals surface area contributed by atoms with Crippen LogP contribution in [0.5, 0.6) is 0 Å². The van der Waals surface area contributed by atoms with Crippen molar-refractivity contribution in [1.82, 2.24) is 19.8 Å². The fourth-order valence-electron chi connectivity index (χ4n) is 2.62. The molecule has 1 aromatic rings. The maximum absolute atomic E-state index is 5.96. The van der Waals surface area contributed by atoms with E-state index in [4.69, 9.17) is 4.74 Å². The molecule has 2 rings (SSSR count). The zero-order chi connectivity index (χ0) is 13.8. The normalized spacial score (nSPS) is 22.9. The molecule has 1 fully saturated rings. The van der Waals surface area contributed by atoms with Gasteiger partial charge in [0.05, 0.1) is 12.7 Å².